The fourth-order valence-corrected chi connectivity index (χ4v) is 2.86. The molecule has 2 heteroatoms. The van der Waals surface area contributed by atoms with E-state index in [2.05, 4.69) is 65.8 Å². The first kappa shape index (κ1) is 21.2. The molecule has 0 N–H and O–H groups in total. The van der Waals surface area contributed by atoms with E-state index in [0.717, 1.165) is 17.6 Å². The number of benzene rings is 2. The molecule has 2 rings (SSSR count). The molecule has 1 unspecified atom stereocenters. The molecule has 0 radical (unpaired) electrons. The SMILES string of the molecule is CC(=O)COc1ccc2cc(C(C)CC(C)(C)C)ccc2c1.CCC. The number of fused-ring (bicyclic) bond motifs is 1. The van der Waals surface area contributed by atoms with Gasteiger partial charge in [-0.2, -0.15) is 0 Å². The van der Waals surface area contributed by atoms with Crippen molar-refractivity contribution in [3.05, 3.63) is 42.0 Å². The molecule has 25 heavy (non-hydrogen) atoms. The highest BCUT2D eigenvalue weighted by Gasteiger charge is 2.16. The Balaban J connectivity index is 0.000000970. The Kier molecular flexibility index (Phi) is 8.15. The maximum atomic E-state index is 11.0. The maximum Gasteiger partial charge on any atom is 0.167 e. The van der Waals surface area contributed by atoms with Gasteiger partial charge in [0.2, 0.25) is 0 Å². The minimum Gasteiger partial charge on any atom is -0.486 e. The highest BCUT2D eigenvalue weighted by atomic mass is 16.5. The van der Waals surface area contributed by atoms with Crippen LogP contribution in [0.2, 0.25) is 0 Å². The lowest BCUT2D eigenvalue weighted by molar-refractivity contribution is -0.118. The van der Waals surface area contributed by atoms with Gasteiger partial charge in [-0.3, -0.25) is 4.79 Å². The lowest BCUT2D eigenvalue weighted by Gasteiger charge is -2.23. The van der Waals surface area contributed by atoms with Crippen LogP contribution in [0.3, 0.4) is 0 Å². The first-order valence-corrected chi connectivity index (χ1v) is 9.32. The van der Waals surface area contributed by atoms with Crippen LogP contribution in [0.25, 0.3) is 10.8 Å². The van der Waals surface area contributed by atoms with Gasteiger partial charge in [0.1, 0.15) is 12.4 Å². The number of ketones is 1. The van der Waals surface area contributed by atoms with E-state index < -0.39 is 0 Å². The van der Waals surface area contributed by atoms with E-state index in [9.17, 15) is 4.79 Å². The van der Waals surface area contributed by atoms with Gasteiger partial charge in [-0.15, -0.1) is 0 Å². The highest BCUT2D eigenvalue weighted by Crippen LogP contribution is 2.32. The van der Waals surface area contributed by atoms with Gasteiger partial charge < -0.3 is 4.74 Å². The van der Waals surface area contributed by atoms with Crippen LogP contribution in [0.4, 0.5) is 0 Å². The van der Waals surface area contributed by atoms with Gasteiger partial charge in [-0.05, 0) is 53.1 Å². The second kappa shape index (κ2) is 9.60. The number of hydrogen-bond donors (Lipinski definition) is 0. The van der Waals surface area contributed by atoms with Crippen molar-refractivity contribution >= 4 is 16.6 Å². The van der Waals surface area contributed by atoms with Gasteiger partial charge >= 0.3 is 0 Å². The van der Waals surface area contributed by atoms with Crippen LogP contribution in [-0.4, -0.2) is 12.4 Å². The fourth-order valence-electron chi connectivity index (χ4n) is 2.86. The van der Waals surface area contributed by atoms with Crippen molar-refractivity contribution in [2.75, 3.05) is 6.61 Å². The molecule has 0 aliphatic rings. The summed E-state index contributed by atoms with van der Waals surface area (Å²) in [6.45, 7) is 15.0. The zero-order valence-corrected chi connectivity index (χ0v) is 17.0. The molecule has 2 aromatic carbocycles. The maximum absolute atomic E-state index is 11.0. The third kappa shape index (κ3) is 7.72. The number of ether oxygens (including phenoxy) is 1. The monoisotopic (exact) mass is 342 g/mol. The first-order chi connectivity index (χ1) is 11.7. The van der Waals surface area contributed by atoms with Crippen molar-refractivity contribution in [2.24, 2.45) is 5.41 Å². The minimum atomic E-state index is 0.0337. The van der Waals surface area contributed by atoms with Crippen LogP contribution in [0.1, 0.15) is 72.8 Å². The summed E-state index contributed by atoms with van der Waals surface area (Å²) in [6.07, 6.45) is 2.41. The molecule has 2 aromatic rings. The summed E-state index contributed by atoms with van der Waals surface area (Å²) in [6, 6.07) is 12.6. The number of carbonyl (C=O) groups excluding carboxylic acids is 1. The van der Waals surface area contributed by atoms with E-state index in [1.807, 2.05) is 12.1 Å². The Labute approximate surface area is 153 Å². The molecule has 0 fully saturated rings. The van der Waals surface area contributed by atoms with Crippen molar-refractivity contribution in [1.82, 2.24) is 0 Å². The molecular weight excluding hydrogens is 308 g/mol. The van der Waals surface area contributed by atoms with Gasteiger partial charge in [0.05, 0.1) is 0 Å². The van der Waals surface area contributed by atoms with Crippen molar-refractivity contribution in [3.8, 4) is 5.75 Å². The molecule has 138 valence electrons. The molecule has 0 bridgehead atoms. The lowest BCUT2D eigenvalue weighted by atomic mass is 9.82. The van der Waals surface area contributed by atoms with Crippen LogP contribution >= 0.6 is 0 Å². The molecule has 0 aliphatic heterocycles. The van der Waals surface area contributed by atoms with Crippen molar-refractivity contribution in [1.29, 1.82) is 0 Å². The average Bonchev–Trinajstić information content (AvgIpc) is 2.51. The van der Waals surface area contributed by atoms with Gasteiger partial charge in [-0.1, -0.05) is 72.2 Å². The number of Topliss-reactive ketones (excluding diaryl/α,β-unsaturated/α-hetero) is 1. The van der Waals surface area contributed by atoms with Crippen LogP contribution < -0.4 is 4.74 Å². The Bertz CT molecular complexity index is 680. The van der Waals surface area contributed by atoms with E-state index in [1.54, 1.807) is 0 Å². The summed E-state index contributed by atoms with van der Waals surface area (Å²) in [5.41, 5.74) is 1.71. The second-order valence-corrected chi connectivity index (χ2v) is 8.13. The van der Waals surface area contributed by atoms with Crippen LogP contribution in [-0.2, 0) is 4.79 Å². The van der Waals surface area contributed by atoms with E-state index in [-0.39, 0.29) is 12.4 Å². The van der Waals surface area contributed by atoms with Crippen LogP contribution in [0.5, 0.6) is 5.75 Å². The molecule has 1 atom stereocenters. The minimum absolute atomic E-state index is 0.0337. The Morgan fingerprint density at radius 1 is 1.04 bits per heavy atom. The van der Waals surface area contributed by atoms with Crippen molar-refractivity contribution in [2.45, 2.75) is 67.2 Å². The highest BCUT2D eigenvalue weighted by molar-refractivity contribution is 5.85. The van der Waals surface area contributed by atoms with E-state index in [4.69, 9.17) is 4.74 Å². The largest absolute Gasteiger partial charge is 0.486 e. The second-order valence-electron chi connectivity index (χ2n) is 8.13. The summed E-state index contributed by atoms with van der Waals surface area (Å²) >= 11 is 0. The van der Waals surface area contributed by atoms with E-state index in [0.29, 0.717) is 11.3 Å². The fraction of sp³-hybridized carbons (Fsp3) is 0.522. The Morgan fingerprint density at radius 3 is 2.16 bits per heavy atom. The Hall–Kier alpha value is -1.83. The lowest BCUT2D eigenvalue weighted by Crippen LogP contribution is -2.09. The van der Waals surface area contributed by atoms with E-state index in [1.165, 1.54) is 24.3 Å². The molecule has 2 nitrogen and oxygen atoms in total. The summed E-state index contributed by atoms with van der Waals surface area (Å²) in [4.78, 5) is 11.0. The molecule has 0 aromatic heterocycles. The molecule has 0 aliphatic carbocycles. The van der Waals surface area contributed by atoms with E-state index >= 15 is 0 Å². The molecule has 0 saturated carbocycles. The number of carbonyl (C=O) groups is 1. The quantitative estimate of drug-likeness (QED) is 0.599. The summed E-state index contributed by atoms with van der Waals surface area (Å²) in [5.74, 6) is 1.32. The zero-order valence-electron chi connectivity index (χ0n) is 17.0. The molecular formula is C23H34O2. The summed E-state index contributed by atoms with van der Waals surface area (Å²) in [5, 5.41) is 2.36. The van der Waals surface area contributed by atoms with Crippen molar-refractivity contribution < 1.29 is 9.53 Å². The summed E-state index contributed by atoms with van der Waals surface area (Å²) < 4.78 is 5.47. The average molecular weight is 343 g/mol. The molecule has 0 amide bonds. The van der Waals surface area contributed by atoms with Gasteiger partial charge in [0.25, 0.3) is 0 Å². The first-order valence-electron chi connectivity index (χ1n) is 9.32. The molecule has 0 saturated heterocycles. The van der Waals surface area contributed by atoms with Crippen LogP contribution in [0.15, 0.2) is 36.4 Å². The standard InChI is InChI=1S/C20H26O2.C3H8/c1-14(12-20(3,4)5)16-6-7-18-11-19(22-13-15(2)21)9-8-17(18)10-16;1-3-2/h6-11,14H,12-13H2,1-5H3;3H2,1-2H3. The zero-order chi connectivity index (χ0) is 19.0. The predicted octanol–water partition coefficient (Wildman–Crippen LogP) is 6.76. The Morgan fingerprint density at radius 2 is 1.60 bits per heavy atom. The van der Waals surface area contributed by atoms with Gasteiger partial charge in [0.15, 0.2) is 5.78 Å². The predicted molar refractivity (Wildman–Crippen MR) is 109 cm³/mol. The van der Waals surface area contributed by atoms with Gasteiger partial charge in [0, 0.05) is 0 Å². The van der Waals surface area contributed by atoms with Crippen molar-refractivity contribution in [3.63, 3.8) is 0 Å². The third-order valence-electron chi connectivity index (χ3n) is 3.77. The molecule has 0 heterocycles. The topological polar surface area (TPSA) is 26.3 Å². The summed E-state index contributed by atoms with van der Waals surface area (Å²) in [7, 11) is 0. The van der Waals surface area contributed by atoms with Gasteiger partial charge in [-0.25, -0.2) is 0 Å². The molecule has 0 spiro atoms. The normalized spacial score (nSPS) is 12.3. The third-order valence-corrected chi connectivity index (χ3v) is 3.77. The number of rotatable bonds is 5. The smallest absolute Gasteiger partial charge is 0.167 e. The number of hydrogen-bond acceptors (Lipinski definition) is 2. The van der Waals surface area contributed by atoms with Crippen LogP contribution in [0, 0.1) is 5.41 Å².